The van der Waals surface area contributed by atoms with Crippen LogP contribution >= 0.6 is 15.9 Å². The third-order valence-corrected chi connectivity index (χ3v) is 5.41. The average Bonchev–Trinajstić information content (AvgIpc) is 3.16. The van der Waals surface area contributed by atoms with Crippen LogP contribution in [0.1, 0.15) is 45.1 Å². The number of amides is 4. The molecule has 0 aromatic heterocycles. The first kappa shape index (κ1) is 20.4. The van der Waals surface area contributed by atoms with Crippen molar-refractivity contribution in [2.24, 2.45) is 0 Å². The Balaban J connectivity index is 2.00. The molecule has 0 bridgehead atoms. The lowest BCUT2D eigenvalue weighted by molar-refractivity contribution is -0.131. The van der Waals surface area contributed by atoms with Crippen LogP contribution in [0, 0.1) is 0 Å². The standard InChI is InChI=1S/C20H23BrN2O5/c1-3-27-16-11-17(28-4-2)15(21)10-12(16)9-14-18(24)22-20(26)23(19(14)25)13-7-5-6-8-13/h9-11,13H,3-8H2,1-2H3,(H,22,24,26)/b14-9+. The molecule has 1 saturated heterocycles. The zero-order chi connectivity index (χ0) is 20.3. The first-order valence-corrected chi connectivity index (χ1v) is 10.2. The summed E-state index contributed by atoms with van der Waals surface area (Å²) in [5.74, 6) is -0.161. The number of imide groups is 2. The van der Waals surface area contributed by atoms with Crippen LogP contribution in [-0.2, 0) is 9.59 Å². The van der Waals surface area contributed by atoms with Crippen LogP contribution in [0.2, 0.25) is 0 Å². The van der Waals surface area contributed by atoms with Gasteiger partial charge in [-0.3, -0.25) is 19.8 Å². The van der Waals surface area contributed by atoms with Gasteiger partial charge in [-0.25, -0.2) is 4.79 Å². The predicted molar refractivity (Wildman–Crippen MR) is 107 cm³/mol. The Morgan fingerprint density at radius 2 is 1.75 bits per heavy atom. The summed E-state index contributed by atoms with van der Waals surface area (Å²) in [6.45, 7) is 4.63. The molecule has 0 radical (unpaired) electrons. The van der Waals surface area contributed by atoms with E-state index in [1.54, 1.807) is 12.1 Å². The van der Waals surface area contributed by atoms with E-state index in [2.05, 4.69) is 21.2 Å². The lowest BCUT2D eigenvalue weighted by Crippen LogP contribution is -2.57. The van der Waals surface area contributed by atoms with Crippen molar-refractivity contribution < 1.29 is 23.9 Å². The van der Waals surface area contributed by atoms with Crippen molar-refractivity contribution in [3.05, 3.63) is 27.7 Å². The van der Waals surface area contributed by atoms with Gasteiger partial charge in [-0.15, -0.1) is 0 Å². The third-order valence-electron chi connectivity index (χ3n) is 4.79. The van der Waals surface area contributed by atoms with Gasteiger partial charge in [-0.1, -0.05) is 12.8 Å². The maximum atomic E-state index is 13.0. The summed E-state index contributed by atoms with van der Waals surface area (Å²) in [5, 5.41) is 2.29. The third kappa shape index (κ3) is 4.06. The van der Waals surface area contributed by atoms with Crippen LogP contribution in [-0.4, -0.2) is 42.0 Å². The largest absolute Gasteiger partial charge is 0.493 e. The summed E-state index contributed by atoms with van der Waals surface area (Å²) in [4.78, 5) is 38.8. The minimum absolute atomic E-state index is 0.0801. The predicted octanol–water partition coefficient (Wildman–Crippen LogP) is 3.65. The van der Waals surface area contributed by atoms with E-state index in [0.717, 1.165) is 25.7 Å². The monoisotopic (exact) mass is 450 g/mol. The van der Waals surface area contributed by atoms with Gasteiger partial charge in [0.05, 0.1) is 17.7 Å². The molecule has 4 amide bonds. The molecular formula is C20H23BrN2O5. The van der Waals surface area contributed by atoms with E-state index in [0.29, 0.717) is 34.7 Å². The van der Waals surface area contributed by atoms with Crippen LogP contribution in [0.5, 0.6) is 11.5 Å². The van der Waals surface area contributed by atoms with Gasteiger partial charge in [0.15, 0.2) is 0 Å². The Bertz CT molecular complexity index is 830. The molecule has 1 aromatic carbocycles. The molecule has 3 rings (SSSR count). The molecule has 1 aromatic rings. The minimum Gasteiger partial charge on any atom is -0.493 e. The number of nitrogens with zero attached hydrogens (tertiary/aromatic N) is 1. The molecule has 28 heavy (non-hydrogen) atoms. The molecule has 2 aliphatic rings. The highest BCUT2D eigenvalue weighted by Gasteiger charge is 2.40. The molecule has 0 spiro atoms. The number of ether oxygens (including phenoxy) is 2. The normalized spacial score (nSPS) is 19.3. The summed E-state index contributed by atoms with van der Waals surface area (Å²) in [6, 6.07) is 2.65. The highest BCUT2D eigenvalue weighted by Crippen LogP contribution is 2.35. The summed E-state index contributed by atoms with van der Waals surface area (Å²) >= 11 is 3.44. The van der Waals surface area contributed by atoms with E-state index in [-0.39, 0.29) is 11.6 Å². The number of hydrogen-bond acceptors (Lipinski definition) is 5. The number of hydrogen-bond donors (Lipinski definition) is 1. The molecule has 1 saturated carbocycles. The summed E-state index contributed by atoms with van der Waals surface area (Å²) < 4.78 is 11.9. The van der Waals surface area contributed by atoms with Crippen LogP contribution < -0.4 is 14.8 Å². The zero-order valence-corrected chi connectivity index (χ0v) is 17.5. The number of urea groups is 1. The van der Waals surface area contributed by atoms with Gasteiger partial charge in [-0.05, 0) is 54.8 Å². The number of halogens is 1. The fraction of sp³-hybridized carbons (Fsp3) is 0.450. The fourth-order valence-corrected chi connectivity index (χ4v) is 4.01. The van der Waals surface area contributed by atoms with Gasteiger partial charge in [0.2, 0.25) is 0 Å². The topological polar surface area (TPSA) is 84.9 Å². The fourth-order valence-electron chi connectivity index (χ4n) is 3.53. The first-order valence-electron chi connectivity index (χ1n) is 9.46. The molecule has 1 heterocycles. The van der Waals surface area contributed by atoms with Crippen molar-refractivity contribution in [3.63, 3.8) is 0 Å². The number of barbiturate groups is 1. The lowest BCUT2D eigenvalue weighted by Gasteiger charge is -2.31. The second-order valence-corrected chi connectivity index (χ2v) is 7.47. The Morgan fingerprint density at radius 1 is 1.11 bits per heavy atom. The van der Waals surface area contributed by atoms with Crippen molar-refractivity contribution in [2.75, 3.05) is 13.2 Å². The molecular weight excluding hydrogens is 428 g/mol. The smallest absolute Gasteiger partial charge is 0.331 e. The quantitative estimate of drug-likeness (QED) is 0.527. The van der Waals surface area contributed by atoms with E-state index in [1.807, 2.05) is 13.8 Å². The Morgan fingerprint density at radius 3 is 2.39 bits per heavy atom. The SMILES string of the molecule is CCOc1cc(OCC)c(/C=C2\C(=O)NC(=O)N(C3CCCC3)C2=O)cc1Br. The van der Waals surface area contributed by atoms with E-state index in [4.69, 9.17) is 9.47 Å². The van der Waals surface area contributed by atoms with Crippen LogP contribution in [0.25, 0.3) is 6.08 Å². The van der Waals surface area contributed by atoms with Gasteiger partial charge < -0.3 is 9.47 Å². The average molecular weight is 451 g/mol. The maximum Gasteiger partial charge on any atom is 0.331 e. The first-order chi connectivity index (χ1) is 13.5. The Kier molecular flexibility index (Phi) is 6.39. The zero-order valence-electron chi connectivity index (χ0n) is 15.9. The van der Waals surface area contributed by atoms with E-state index in [1.165, 1.54) is 11.0 Å². The molecule has 1 aliphatic carbocycles. The Hall–Kier alpha value is -2.35. The van der Waals surface area contributed by atoms with Crippen molar-refractivity contribution in [3.8, 4) is 11.5 Å². The lowest BCUT2D eigenvalue weighted by atomic mass is 10.0. The number of benzene rings is 1. The molecule has 1 N–H and O–H groups in total. The van der Waals surface area contributed by atoms with Gasteiger partial charge in [0.1, 0.15) is 17.1 Å². The molecule has 0 atom stereocenters. The van der Waals surface area contributed by atoms with Crippen LogP contribution in [0.4, 0.5) is 4.79 Å². The van der Waals surface area contributed by atoms with Crippen molar-refractivity contribution in [1.82, 2.24) is 10.2 Å². The molecule has 8 heteroatoms. The number of carbonyl (C=O) groups is 3. The second-order valence-electron chi connectivity index (χ2n) is 6.62. The molecule has 150 valence electrons. The van der Waals surface area contributed by atoms with Crippen LogP contribution in [0.3, 0.4) is 0 Å². The second kappa shape index (κ2) is 8.77. The molecule has 0 unspecified atom stereocenters. The molecule has 7 nitrogen and oxygen atoms in total. The van der Waals surface area contributed by atoms with E-state index < -0.39 is 17.8 Å². The molecule has 2 fully saturated rings. The summed E-state index contributed by atoms with van der Waals surface area (Å²) in [7, 11) is 0. The maximum absolute atomic E-state index is 13.0. The molecule has 1 aliphatic heterocycles. The summed E-state index contributed by atoms with van der Waals surface area (Å²) in [5.41, 5.74) is 0.472. The summed E-state index contributed by atoms with van der Waals surface area (Å²) in [6.07, 6.45) is 4.93. The highest BCUT2D eigenvalue weighted by atomic mass is 79.9. The van der Waals surface area contributed by atoms with Crippen molar-refractivity contribution in [1.29, 1.82) is 0 Å². The van der Waals surface area contributed by atoms with Crippen molar-refractivity contribution >= 4 is 39.9 Å². The minimum atomic E-state index is -0.697. The van der Waals surface area contributed by atoms with Gasteiger partial charge in [0, 0.05) is 17.7 Å². The van der Waals surface area contributed by atoms with Gasteiger partial charge in [0.25, 0.3) is 11.8 Å². The number of carbonyl (C=O) groups excluding carboxylic acids is 3. The van der Waals surface area contributed by atoms with Crippen LogP contribution in [0.15, 0.2) is 22.2 Å². The van der Waals surface area contributed by atoms with E-state index >= 15 is 0 Å². The van der Waals surface area contributed by atoms with Gasteiger partial charge in [-0.2, -0.15) is 0 Å². The number of rotatable bonds is 6. The van der Waals surface area contributed by atoms with Crippen molar-refractivity contribution in [2.45, 2.75) is 45.6 Å². The highest BCUT2D eigenvalue weighted by molar-refractivity contribution is 9.10. The number of nitrogens with one attached hydrogen (secondary N) is 1. The van der Waals surface area contributed by atoms with Gasteiger partial charge >= 0.3 is 6.03 Å². The Labute approximate surface area is 172 Å². The van der Waals surface area contributed by atoms with E-state index in [9.17, 15) is 14.4 Å².